The Morgan fingerprint density at radius 1 is 1.30 bits per heavy atom. The molecule has 1 heterocycles. The smallest absolute Gasteiger partial charge is 0.398 e. The third kappa shape index (κ3) is 2.56. The molecule has 3 nitrogen and oxygen atoms in total. The third-order valence-electron chi connectivity index (χ3n) is 3.24. The lowest BCUT2D eigenvalue weighted by atomic mass is 10.0. The Morgan fingerprint density at radius 2 is 2.00 bits per heavy atom. The Kier molecular flexibility index (Phi) is 3.85. The third-order valence-corrected chi connectivity index (χ3v) is 3.24. The minimum absolute atomic E-state index is 0.0334. The van der Waals surface area contributed by atoms with Gasteiger partial charge in [-0.25, -0.2) is 4.98 Å². The van der Waals surface area contributed by atoms with E-state index < -0.39 is 11.9 Å². The van der Waals surface area contributed by atoms with Crippen LogP contribution in [0.3, 0.4) is 0 Å². The van der Waals surface area contributed by atoms with Gasteiger partial charge in [-0.2, -0.15) is 13.2 Å². The molecule has 0 bridgehead atoms. The first-order chi connectivity index (χ1) is 9.36. The van der Waals surface area contributed by atoms with Crippen LogP contribution in [-0.4, -0.2) is 18.7 Å². The number of fused-ring (bicyclic) bond motifs is 1. The van der Waals surface area contributed by atoms with Crippen molar-refractivity contribution in [1.29, 1.82) is 0 Å². The van der Waals surface area contributed by atoms with Gasteiger partial charge in [-0.3, -0.25) is 0 Å². The van der Waals surface area contributed by atoms with Crippen molar-refractivity contribution in [3.05, 3.63) is 35.0 Å². The standard InChI is InChI=1S/C14H15F3N2O/c1-8-11(18)10-5-3-4-9(6-7-20-2)12(10)19-13(8)14(15,16)17/h3-5H,6-7H2,1-2H3,(H2,18,19). The number of alkyl halides is 3. The van der Waals surface area contributed by atoms with E-state index in [-0.39, 0.29) is 11.3 Å². The van der Waals surface area contributed by atoms with Crippen LogP contribution in [0, 0.1) is 6.92 Å². The molecule has 0 aliphatic rings. The maximum atomic E-state index is 13.0. The number of hydrogen-bond acceptors (Lipinski definition) is 3. The number of nitrogens with zero attached hydrogens (tertiary/aromatic N) is 1. The molecule has 0 saturated carbocycles. The summed E-state index contributed by atoms with van der Waals surface area (Å²) in [6.45, 7) is 1.75. The van der Waals surface area contributed by atoms with E-state index in [1.54, 1.807) is 18.2 Å². The summed E-state index contributed by atoms with van der Waals surface area (Å²) in [6, 6.07) is 5.18. The average molecular weight is 284 g/mol. The predicted molar refractivity (Wildman–Crippen MR) is 71.5 cm³/mol. The molecule has 2 aromatic rings. The molecule has 0 unspecified atom stereocenters. The van der Waals surface area contributed by atoms with Gasteiger partial charge in [0.1, 0.15) is 5.69 Å². The van der Waals surface area contributed by atoms with Crippen molar-refractivity contribution < 1.29 is 17.9 Å². The lowest BCUT2D eigenvalue weighted by Crippen LogP contribution is -2.13. The van der Waals surface area contributed by atoms with Crippen molar-refractivity contribution >= 4 is 16.6 Å². The largest absolute Gasteiger partial charge is 0.433 e. The normalized spacial score (nSPS) is 12.1. The Morgan fingerprint density at radius 3 is 2.60 bits per heavy atom. The summed E-state index contributed by atoms with van der Waals surface area (Å²) in [7, 11) is 1.54. The van der Waals surface area contributed by atoms with Crippen LogP contribution < -0.4 is 5.73 Å². The van der Waals surface area contributed by atoms with Gasteiger partial charge in [0.25, 0.3) is 0 Å². The van der Waals surface area contributed by atoms with Crippen LogP contribution in [0.25, 0.3) is 10.9 Å². The topological polar surface area (TPSA) is 48.1 Å². The molecular formula is C14H15F3N2O. The van der Waals surface area contributed by atoms with Crippen LogP contribution >= 0.6 is 0 Å². The second-order valence-corrected chi connectivity index (χ2v) is 4.55. The second kappa shape index (κ2) is 5.28. The first-order valence-corrected chi connectivity index (χ1v) is 6.10. The number of anilines is 1. The number of pyridine rings is 1. The van der Waals surface area contributed by atoms with Crippen molar-refractivity contribution in [3.63, 3.8) is 0 Å². The van der Waals surface area contributed by atoms with Crippen molar-refractivity contribution in [2.45, 2.75) is 19.5 Å². The van der Waals surface area contributed by atoms with Gasteiger partial charge < -0.3 is 10.5 Å². The Hall–Kier alpha value is -1.82. The van der Waals surface area contributed by atoms with Gasteiger partial charge in [0, 0.05) is 23.7 Å². The van der Waals surface area contributed by atoms with Crippen LogP contribution in [0.15, 0.2) is 18.2 Å². The first-order valence-electron chi connectivity index (χ1n) is 6.10. The summed E-state index contributed by atoms with van der Waals surface area (Å²) in [6.07, 6.45) is -4.03. The number of halogens is 3. The summed E-state index contributed by atoms with van der Waals surface area (Å²) in [4.78, 5) is 3.80. The molecule has 0 aliphatic heterocycles. The number of methoxy groups -OCH3 is 1. The quantitative estimate of drug-likeness (QED) is 0.940. The number of benzene rings is 1. The van der Waals surface area contributed by atoms with Gasteiger partial charge in [0.05, 0.1) is 12.1 Å². The van der Waals surface area contributed by atoms with E-state index in [1.807, 2.05) is 0 Å². The van der Waals surface area contributed by atoms with Gasteiger partial charge in [-0.15, -0.1) is 0 Å². The summed E-state index contributed by atoms with van der Waals surface area (Å²) >= 11 is 0. The van der Waals surface area contributed by atoms with Crippen LogP contribution in [0.5, 0.6) is 0 Å². The average Bonchev–Trinajstić information content (AvgIpc) is 2.39. The molecule has 2 rings (SSSR count). The number of nitrogens with two attached hydrogens (primary N) is 1. The Bertz CT molecular complexity index is 638. The highest BCUT2D eigenvalue weighted by atomic mass is 19.4. The monoisotopic (exact) mass is 284 g/mol. The van der Waals surface area contributed by atoms with E-state index >= 15 is 0 Å². The fourth-order valence-electron chi connectivity index (χ4n) is 2.16. The molecule has 1 aromatic heterocycles. The number of nitrogen functional groups attached to an aromatic ring is 1. The highest BCUT2D eigenvalue weighted by Gasteiger charge is 2.35. The van der Waals surface area contributed by atoms with Crippen molar-refractivity contribution in [3.8, 4) is 0 Å². The van der Waals surface area contributed by atoms with Crippen molar-refractivity contribution in [2.75, 3.05) is 19.5 Å². The van der Waals surface area contributed by atoms with E-state index in [2.05, 4.69) is 4.98 Å². The van der Waals surface area contributed by atoms with Crippen molar-refractivity contribution in [1.82, 2.24) is 4.98 Å². The van der Waals surface area contributed by atoms with Gasteiger partial charge >= 0.3 is 6.18 Å². The predicted octanol–water partition coefficient (Wildman–Crippen LogP) is 3.33. The zero-order valence-corrected chi connectivity index (χ0v) is 11.2. The molecule has 0 atom stereocenters. The fourth-order valence-corrected chi connectivity index (χ4v) is 2.16. The van der Waals surface area contributed by atoms with Gasteiger partial charge in [0.15, 0.2) is 0 Å². The minimum atomic E-state index is -4.51. The molecule has 0 aliphatic carbocycles. The van der Waals surface area contributed by atoms with Gasteiger partial charge in [-0.05, 0) is 18.9 Å². The Balaban J connectivity index is 2.72. The lowest BCUT2D eigenvalue weighted by Gasteiger charge is -2.15. The minimum Gasteiger partial charge on any atom is -0.398 e. The summed E-state index contributed by atoms with van der Waals surface area (Å²) in [5.41, 5.74) is 6.00. The summed E-state index contributed by atoms with van der Waals surface area (Å²) in [5.74, 6) is 0. The maximum Gasteiger partial charge on any atom is 0.433 e. The number of rotatable bonds is 3. The molecule has 0 spiro atoms. The first kappa shape index (κ1) is 14.6. The number of ether oxygens (including phenoxy) is 1. The molecule has 0 fully saturated rings. The highest BCUT2D eigenvalue weighted by molar-refractivity contribution is 5.94. The highest BCUT2D eigenvalue weighted by Crippen LogP contribution is 2.36. The van der Waals surface area contributed by atoms with E-state index in [0.717, 1.165) is 0 Å². The molecular weight excluding hydrogens is 269 g/mol. The molecule has 6 heteroatoms. The van der Waals surface area contributed by atoms with Gasteiger partial charge in [0.2, 0.25) is 0 Å². The summed E-state index contributed by atoms with van der Waals surface area (Å²) < 4.78 is 44.0. The molecule has 0 radical (unpaired) electrons. The summed E-state index contributed by atoms with van der Waals surface area (Å²) in [5, 5.41) is 0.545. The molecule has 2 N–H and O–H groups in total. The molecule has 108 valence electrons. The SMILES string of the molecule is COCCc1cccc2c(N)c(C)c(C(F)(F)F)nc12. The second-order valence-electron chi connectivity index (χ2n) is 4.55. The molecule has 20 heavy (non-hydrogen) atoms. The van der Waals surface area contributed by atoms with Crippen LogP contribution in [-0.2, 0) is 17.3 Å². The number of aromatic nitrogens is 1. The van der Waals surface area contributed by atoms with E-state index in [0.29, 0.717) is 29.5 Å². The lowest BCUT2D eigenvalue weighted by molar-refractivity contribution is -0.141. The molecule has 0 saturated heterocycles. The van der Waals surface area contributed by atoms with Crippen LogP contribution in [0.2, 0.25) is 0 Å². The van der Waals surface area contributed by atoms with Crippen molar-refractivity contribution in [2.24, 2.45) is 0 Å². The zero-order valence-electron chi connectivity index (χ0n) is 11.2. The van der Waals surface area contributed by atoms with E-state index in [1.165, 1.54) is 14.0 Å². The van der Waals surface area contributed by atoms with E-state index in [9.17, 15) is 13.2 Å². The van der Waals surface area contributed by atoms with Crippen LogP contribution in [0.4, 0.5) is 18.9 Å². The number of hydrogen-bond donors (Lipinski definition) is 1. The number of para-hydroxylation sites is 1. The fraction of sp³-hybridized carbons (Fsp3) is 0.357. The molecule has 0 amide bonds. The van der Waals surface area contributed by atoms with Crippen LogP contribution in [0.1, 0.15) is 16.8 Å². The maximum absolute atomic E-state index is 13.0. The Labute approximate surface area is 114 Å². The zero-order chi connectivity index (χ0) is 14.9. The van der Waals surface area contributed by atoms with E-state index in [4.69, 9.17) is 10.5 Å². The van der Waals surface area contributed by atoms with Gasteiger partial charge in [-0.1, -0.05) is 18.2 Å². The molecule has 1 aromatic carbocycles.